The van der Waals surface area contributed by atoms with Gasteiger partial charge in [-0.05, 0) is 78.8 Å². The third-order valence-electron chi connectivity index (χ3n) is 8.12. The Morgan fingerprint density at radius 2 is 1.73 bits per heavy atom. The van der Waals surface area contributed by atoms with E-state index in [2.05, 4.69) is 5.32 Å². The molecule has 0 aliphatic carbocycles. The number of nitrogens with one attached hydrogen (secondary N) is 1. The molecule has 3 heterocycles. The van der Waals surface area contributed by atoms with Crippen molar-refractivity contribution in [1.29, 1.82) is 5.26 Å². The summed E-state index contributed by atoms with van der Waals surface area (Å²) in [5, 5.41) is 23.2. The number of amides is 1. The van der Waals surface area contributed by atoms with E-state index in [-0.39, 0.29) is 34.7 Å². The fourth-order valence-corrected chi connectivity index (χ4v) is 6.17. The van der Waals surface area contributed by atoms with Crippen molar-refractivity contribution in [3.05, 3.63) is 83.3 Å². The van der Waals surface area contributed by atoms with E-state index >= 15 is 8.78 Å². The Bertz CT molecular complexity index is 1720. The predicted molar refractivity (Wildman–Crippen MR) is 149 cm³/mol. The summed E-state index contributed by atoms with van der Waals surface area (Å²) in [6.45, 7) is 6.24. The van der Waals surface area contributed by atoms with Crippen molar-refractivity contribution in [1.82, 2.24) is 14.8 Å². The minimum absolute atomic E-state index is 0.0280. The molecule has 2 fully saturated rings. The van der Waals surface area contributed by atoms with Crippen LogP contribution in [0.15, 0.2) is 54.7 Å². The number of nitrogens with zero attached hydrogens (tertiary/aromatic N) is 3. The molecule has 2 saturated heterocycles. The Hall–Kier alpha value is -4.13. The molecule has 1 aromatic heterocycles. The zero-order valence-corrected chi connectivity index (χ0v) is 22.7. The lowest BCUT2D eigenvalue weighted by Gasteiger charge is -2.20. The van der Waals surface area contributed by atoms with Crippen LogP contribution in [0.5, 0.6) is 0 Å². The molecule has 0 saturated carbocycles. The molecule has 9 heteroatoms. The zero-order chi connectivity index (χ0) is 29.1. The summed E-state index contributed by atoms with van der Waals surface area (Å²) in [6.07, 6.45) is 1.59. The molecular weight excluding hydrogens is 529 g/mol. The van der Waals surface area contributed by atoms with Gasteiger partial charge in [-0.2, -0.15) is 5.26 Å². The SMILES string of the molecule is CC(C)(O)Cn1ccc2cc(-c3ccc(C(=O)N4CC5CNCC5C4)cc3-c3ccc(C#N)c(F)c3)c(F)c(F)c21. The number of aliphatic hydroxyl groups is 1. The Kier molecular flexibility index (Phi) is 6.63. The summed E-state index contributed by atoms with van der Waals surface area (Å²) in [7, 11) is 0. The molecule has 6 nitrogen and oxygen atoms in total. The van der Waals surface area contributed by atoms with Crippen molar-refractivity contribution in [3.63, 3.8) is 0 Å². The number of carbonyl (C=O) groups excluding carboxylic acids is 1. The van der Waals surface area contributed by atoms with Crippen LogP contribution in [0.25, 0.3) is 33.2 Å². The number of aromatic nitrogens is 1. The van der Waals surface area contributed by atoms with Crippen LogP contribution >= 0.6 is 0 Å². The van der Waals surface area contributed by atoms with E-state index in [1.807, 2.05) is 4.90 Å². The fraction of sp³-hybridized carbons (Fsp3) is 0.312. The summed E-state index contributed by atoms with van der Waals surface area (Å²) in [6, 6.07) is 13.7. The Morgan fingerprint density at radius 1 is 1.00 bits per heavy atom. The van der Waals surface area contributed by atoms with Gasteiger partial charge in [-0.3, -0.25) is 4.79 Å². The normalized spacial score (nSPS) is 18.6. The van der Waals surface area contributed by atoms with Gasteiger partial charge >= 0.3 is 0 Å². The van der Waals surface area contributed by atoms with Crippen molar-refractivity contribution >= 4 is 16.8 Å². The van der Waals surface area contributed by atoms with Crippen LogP contribution in [0.3, 0.4) is 0 Å². The van der Waals surface area contributed by atoms with Crippen LogP contribution < -0.4 is 5.32 Å². The summed E-state index contributed by atoms with van der Waals surface area (Å²) >= 11 is 0. The first-order valence-corrected chi connectivity index (χ1v) is 13.6. The lowest BCUT2D eigenvalue weighted by molar-refractivity contribution is 0.0626. The van der Waals surface area contributed by atoms with Crippen LogP contribution in [0.4, 0.5) is 13.2 Å². The van der Waals surface area contributed by atoms with Gasteiger partial charge in [-0.15, -0.1) is 0 Å². The van der Waals surface area contributed by atoms with Gasteiger partial charge in [0.15, 0.2) is 11.6 Å². The number of nitriles is 1. The zero-order valence-electron chi connectivity index (χ0n) is 22.7. The topological polar surface area (TPSA) is 81.3 Å². The van der Waals surface area contributed by atoms with Gasteiger partial charge in [0.2, 0.25) is 0 Å². The molecule has 6 rings (SSSR count). The molecule has 3 aromatic carbocycles. The van der Waals surface area contributed by atoms with Gasteiger partial charge in [-0.25, -0.2) is 13.2 Å². The maximum atomic E-state index is 15.8. The second-order valence-electron chi connectivity index (χ2n) is 11.7. The monoisotopic (exact) mass is 558 g/mol. The average Bonchev–Trinajstić information content (AvgIpc) is 3.65. The number of fused-ring (bicyclic) bond motifs is 2. The Labute approximate surface area is 235 Å². The molecule has 2 N–H and O–H groups in total. The van der Waals surface area contributed by atoms with Crippen molar-refractivity contribution in [2.45, 2.75) is 26.0 Å². The van der Waals surface area contributed by atoms with Crippen molar-refractivity contribution in [2.24, 2.45) is 11.8 Å². The molecule has 4 aromatic rings. The first kappa shape index (κ1) is 27.1. The van der Waals surface area contributed by atoms with Crippen molar-refractivity contribution in [2.75, 3.05) is 26.2 Å². The first-order valence-electron chi connectivity index (χ1n) is 13.6. The number of hydrogen-bond donors (Lipinski definition) is 2. The number of benzene rings is 3. The highest BCUT2D eigenvalue weighted by atomic mass is 19.2. The molecule has 0 spiro atoms. The molecule has 210 valence electrons. The van der Waals surface area contributed by atoms with E-state index in [1.54, 1.807) is 50.4 Å². The van der Waals surface area contributed by atoms with Gasteiger partial charge in [-0.1, -0.05) is 12.1 Å². The van der Waals surface area contributed by atoms with Gasteiger partial charge in [0.1, 0.15) is 11.9 Å². The number of carbonyl (C=O) groups is 1. The predicted octanol–water partition coefficient (Wildman–Crippen LogP) is 5.33. The highest BCUT2D eigenvalue weighted by Gasteiger charge is 2.38. The number of likely N-dealkylation sites (tertiary alicyclic amines) is 1. The summed E-state index contributed by atoms with van der Waals surface area (Å²) in [5.74, 6) is -2.29. The fourth-order valence-electron chi connectivity index (χ4n) is 6.17. The largest absolute Gasteiger partial charge is 0.389 e. The molecule has 0 radical (unpaired) electrons. The lowest BCUT2D eigenvalue weighted by atomic mass is 9.91. The van der Waals surface area contributed by atoms with Crippen LogP contribution in [0.1, 0.15) is 29.8 Å². The Balaban J connectivity index is 1.48. The second kappa shape index (κ2) is 10.1. The average molecular weight is 559 g/mol. The summed E-state index contributed by atoms with van der Waals surface area (Å²) < 4.78 is 47.6. The van der Waals surface area contributed by atoms with Crippen LogP contribution in [-0.2, 0) is 6.54 Å². The smallest absolute Gasteiger partial charge is 0.253 e. The van der Waals surface area contributed by atoms with Gasteiger partial charge in [0.25, 0.3) is 5.91 Å². The number of hydrogen-bond acceptors (Lipinski definition) is 4. The van der Waals surface area contributed by atoms with Crippen LogP contribution in [-0.4, -0.2) is 52.3 Å². The maximum Gasteiger partial charge on any atom is 0.253 e. The highest BCUT2D eigenvalue weighted by molar-refractivity contribution is 5.99. The van der Waals surface area contributed by atoms with E-state index in [1.165, 1.54) is 28.8 Å². The van der Waals surface area contributed by atoms with Crippen LogP contribution in [0, 0.1) is 40.6 Å². The molecular formula is C32H29F3N4O2. The number of rotatable bonds is 5. The third kappa shape index (κ3) is 4.88. The van der Waals surface area contributed by atoms with E-state index in [0.29, 0.717) is 47.0 Å². The van der Waals surface area contributed by atoms with Crippen LogP contribution in [0.2, 0.25) is 0 Å². The molecule has 2 aliphatic rings. The van der Waals surface area contributed by atoms with Crippen molar-refractivity contribution < 1.29 is 23.1 Å². The second-order valence-corrected chi connectivity index (χ2v) is 11.7. The summed E-state index contributed by atoms with van der Waals surface area (Å²) in [4.78, 5) is 15.3. The minimum Gasteiger partial charge on any atom is -0.389 e. The molecule has 1 amide bonds. The lowest BCUT2D eigenvalue weighted by Crippen LogP contribution is -2.31. The standard InChI is InChI=1S/C32H29F3N4O2/c1-32(2,41)17-38-8-7-19-9-26(28(34)29(35)30(19)38)24-6-5-20(31(40)39-15-22-13-37-14-23(22)16-39)10-25(24)18-3-4-21(12-36)27(33)11-18/h3-11,22-23,37,41H,13-17H2,1-2H3. The van der Waals surface area contributed by atoms with Gasteiger partial charge in [0, 0.05) is 48.9 Å². The third-order valence-corrected chi connectivity index (χ3v) is 8.12. The molecule has 2 atom stereocenters. The molecule has 41 heavy (non-hydrogen) atoms. The van der Waals surface area contributed by atoms with E-state index in [9.17, 15) is 19.6 Å². The van der Waals surface area contributed by atoms with Gasteiger partial charge < -0.3 is 19.9 Å². The van der Waals surface area contributed by atoms with Crippen molar-refractivity contribution in [3.8, 4) is 28.3 Å². The highest BCUT2D eigenvalue weighted by Crippen LogP contribution is 2.39. The molecule has 0 bridgehead atoms. The molecule has 2 aliphatic heterocycles. The first-order chi connectivity index (χ1) is 19.5. The van der Waals surface area contributed by atoms with Gasteiger partial charge in [0.05, 0.1) is 23.2 Å². The van der Waals surface area contributed by atoms with E-state index in [0.717, 1.165) is 13.1 Å². The Morgan fingerprint density at radius 3 is 2.39 bits per heavy atom. The summed E-state index contributed by atoms with van der Waals surface area (Å²) in [5.41, 5.74) is -0.000453. The quantitative estimate of drug-likeness (QED) is 0.347. The van der Waals surface area contributed by atoms with E-state index < -0.39 is 23.1 Å². The molecule has 2 unspecified atom stereocenters. The maximum absolute atomic E-state index is 15.8. The minimum atomic E-state index is -1.15. The number of halogens is 3. The van der Waals surface area contributed by atoms with E-state index in [4.69, 9.17) is 0 Å².